The van der Waals surface area contributed by atoms with E-state index in [2.05, 4.69) is 10.1 Å². The second kappa shape index (κ2) is 9.92. The van der Waals surface area contributed by atoms with Crippen LogP contribution in [-0.4, -0.2) is 48.4 Å². The van der Waals surface area contributed by atoms with Crippen molar-refractivity contribution in [2.45, 2.75) is 12.8 Å². The van der Waals surface area contributed by atoms with Crippen molar-refractivity contribution in [2.75, 3.05) is 26.2 Å². The molecule has 0 amide bonds. The molecule has 148 valence electrons. The molecule has 1 atom stereocenters. The molecule has 1 fully saturated rings. The van der Waals surface area contributed by atoms with E-state index in [1.807, 2.05) is 30.3 Å². The maximum atomic E-state index is 11.1. The summed E-state index contributed by atoms with van der Waals surface area (Å²) in [5, 5.41) is 14.4. The molecule has 2 aromatic carbocycles. The molecule has 0 bridgehead atoms. The number of carboxylic acids is 1. The van der Waals surface area contributed by atoms with Gasteiger partial charge in [0, 0.05) is 34.3 Å². The van der Waals surface area contributed by atoms with Crippen LogP contribution >= 0.6 is 23.2 Å². The van der Waals surface area contributed by atoms with E-state index in [9.17, 15) is 4.79 Å². The molecule has 0 aromatic heterocycles. The van der Waals surface area contributed by atoms with Gasteiger partial charge in [-0.1, -0.05) is 58.7 Å². The fourth-order valence-corrected chi connectivity index (χ4v) is 3.85. The number of carboxylic acid groups (broad SMARTS) is 1. The molecule has 0 aliphatic carbocycles. The van der Waals surface area contributed by atoms with Gasteiger partial charge in [0.2, 0.25) is 0 Å². The van der Waals surface area contributed by atoms with Gasteiger partial charge in [0.15, 0.2) is 0 Å². The molecule has 1 aliphatic rings. The van der Waals surface area contributed by atoms with Gasteiger partial charge in [-0.15, -0.1) is 0 Å². The molecule has 5 nitrogen and oxygen atoms in total. The maximum absolute atomic E-state index is 11.1. The first-order chi connectivity index (χ1) is 13.5. The quantitative estimate of drug-likeness (QED) is 0.396. The van der Waals surface area contributed by atoms with Crippen LogP contribution in [0.2, 0.25) is 10.0 Å². The van der Waals surface area contributed by atoms with Gasteiger partial charge in [-0.3, -0.25) is 9.69 Å². The Balaban J connectivity index is 1.57. The van der Waals surface area contributed by atoms with Gasteiger partial charge in [0.1, 0.15) is 6.61 Å². The minimum absolute atomic E-state index is 0.284. The molecule has 1 N–H and O–H groups in total. The molecule has 7 heteroatoms. The van der Waals surface area contributed by atoms with Crippen molar-refractivity contribution >= 4 is 35.4 Å². The zero-order valence-corrected chi connectivity index (χ0v) is 16.9. The predicted molar refractivity (Wildman–Crippen MR) is 112 cm³/mol. The highest BCUT2D eigenvalue weighted by Gasteiger charge is 2.24. The lowest BCUT2D eigenvalue weighted by atomic mass is 9.98. The van der Waals surface area contributed by atoms with Crippen LogP contribution in [0.3, 0.4) is 0 Å². The third-order valence-electron chi connectivity index (χ3n) is 4.80. The maximum Gasteiger partial charge on any atom is 0.307 e. The number of nitrogens with zero attached hydrogens (tertiary/aromatic N) is 2. The third-order valence-corrected chi connectivity index (χ3v) is 5.35. The standard InChI is InChI=1S/C21H22Cl2N2O3/c22-17-7-8-19(20(23)12-17)18-6-2-1-4-15(18)13-24-28-11-10-25-9-3-5-16(14-25)21(26)27/h1-2,4,6-8,12-13,16H,3,5,9-11,14H2,(H,26,27)/t16-/m1/s1. The molecule has 28 heavy (non-hydrogen) atoms. The topological polar surface area (TPSA) is 62.1 Å². The van der Waals surface area contributed by atoms with Gasteiger partial charge >= 0.3 is 5.97 Å². The Bertz CT molecular complexity index is 857. The number of oxime groups is 1. The van der Waals surface area contributed by atoms with Gasteiger partial charge in [-0.2, -0.15) is 0 Å². The van der Waals surface area contributed by atoms with Crippen molar-refractivity contribution in [3.05, 3.63) is 58.1 Å². The Labute approximate surface area is 174 Å². The van der Waals surface area contributed by atoms with Crippen LogP contribution in [0.4, 0.5) is 0 Å². The van der Waals surface area contributed by atoms with E-state index in [1.54, 1.807) is 18.3 Å². The summed E-state index contributed by atoms with van der Waals surface area (Å²) < 4.78 is 0. The highest BCUT2D eigenvalue weighted by atomic mass is 35.5. The first kappa shape index (κ1) is 20.6. The SMILES string of the molecule is O=C(O)[C@@H]1CCCN(CCON=Cc2ccccc2-c2ccc(Cl)cc2Cl)C1. The van der Waals surface area contributed by atoms with Crippen molar-refractivity contribution in [1.82, 2.24) is 4.90 Å². The molecule has 3 rings (SSSR count). The van der Waals surface area contributed by atoms with Gasteiger partial charge < -0.3 is 9.94 Å². The lowest BCUT2D eigenvalue weighted by Gasteiger charge is -2.29. The van der Waals surface area contributed by atoms with Crippen LogP contribution in [0.15, 0.2) is 47.6 Å². The Hall–Kier alpha value is -2.08. The number of benzene rings is 2. The predicted octanol–water partition coefficient (Wildman–Crippen LogP) is 4.81. The summed E-state index contributed by atoms with van der Waals surface area (Å²) in [6.07, 6.45) is 3.31. The van der Waals surface area contributed by atoms with E-state index < -0.39 is 5.97 Å². The number of halogens is 2. The van der Waals surface area contributed by atoms with Crippen molar-refractivity contribution in [3.63, 3.8) is 0 Å². The van der Waals surface area contributed by atoms with Crippen LogP contribution in [-0.2, 0) is 9.63 Å². The molecule has 1 saturated heterocycles. The van der Waals surface area contributed by atoms with Crippen molar-refractivity contribution < 1.29 is 14.7 Å². The average molecular weight is 421 g/mol. The van der Waals surface area contributed by atoms with Gasteiger partial charge in [0.05, 0.1) is 12.1 Å². The van der Waals surface area contributed by atoms with Crippen molar-refractivity contribution in [1.29, 1.82) is 0 Å². The van der Waals surface area contributed by atoms with Crippen LogP contribution in [0.5, 0.6) is 0 Å². The minimum Gasteiger partial charge on any atom is -0.481 e. The first-order valence-electron chi connectivity index (χ1n) is 9.19. The molecule has 0 saturated carbocycles. The summed E-state index contributed by atoms with van der Waals surface area (Å²) in [6, 6.07) is 13.2. The summed E-state index contributed by atoms with van der Waals surface area (Å²) in [4.78, 5) is 18.6. The normalized spacial score (nSPS) is 17.7. The second-order valence-corrected chi connectivity index (χ2v) is 7.60. The molecule has 0 radical (unpaired) electrons. The largest absolute Gasteiger partial charge is 0.481 e. The van der Waals surface area contributed by atoms with Crippen molar-refractivity contribution in [2.24, 2.45) is 11.1 Å². The monoisotopic (exact) mass is 420 g/mol. The van der Waals surface area contributed by atoms with Crippen molar-refractivity contribution in [3.8, 4) is 11.1 Å². The van der Waals surface area contributed by atoms with Gasteiger partial charge in [0.25, 0.3) is 0 Å². The molecule has 0 spiro atoms. The van der Waals surface area contributed by atoms with E-state index in [-0.39, 0.29) is 5.92 Å². The Morgan fingerprint density at radius 1 is 1.25 bits per heavy atom. The minimum atomic E-state index is -0.721. The van der Waals surface area contributed by atoms with E-state index in [4.69, 9.17) is 33.1 Å². The Kier molecular flexibility index (Phi) is 7.31. The third kappa shape index (κ3) is 5.47. The van der Waals surface area contributed by atoms with Gasteiger partial charge in [-0.25, -0.2) is 0 Å². The number of aliphatic carboxylic acids is 1. The molecule has 0 unspecified atom stereocenters. The van der Waals surface area contributed by atoms with Gasteiger partial charge in [-0.05, 0) is 37.1 Å². The summed E-state index contributed by atoms with van der Waals surface area (Å²) in [7, 11) is 0. The van der Waals surface area contributed by atoms with Crippen LogP contribution in [0.25, 0.3) is 11.1 Å². The zero-order valence-electron chi connectivity index (χ0n) is 15.4. The van der Waals surface area contributed by atoms with E-state index >= 15 is 0 Å². The second-order valence-electron chi connectivity index (χ2n) is 6.76. The van der Waals surface area contributed by atoms with Crippen LogP contribution in [0.1, 0.15) is 18.4 Å². The number of hydrogen-bond acceptors (Lipinski definition) is 4. The molecule has 2 aromatic rings. The fourth-order valence-electron chi connectivity index (χ4n) is 3.34. The van der Waals surface area contributed by atoms with Crippen LogP contribution in [0, 0.1) is 5.92 Å². The van der Waals surface area contributed by atoms with E-state index in [0.29, 0.717) is 29.7 Å². The lowest BCUT2D eigenvalue weighted by Crippen LogP contribution is -2.40. The smallest absolute Gasteiger partial charge is 0.307 e. The summed E-state index contributed by atoms with van der Waals surface area (Å²) in [6.45, 7) is 2.54. The summed E-state index contributed by atoms with van der Waals surface area (Å²) in [5.41, 5.74) is 2.70. The number of likely N-dealkylation sites (tertiary alicyclic amines) is 1. The Morgan fingerprint density at radius 3 is 2.86 bits per heavy atom. The first-order valence-corrected chi connectivity index (χ1v) is 9.95. The number of hydrogen-bond donors (Lipinski definition) is 1. The fraction of sp³-hybridized carbons (Fsp3) is 0.333. The zero-order chi connectivity index (χ0) is 19.9. The highest BCUT2D eigenvalue weighted by Crippen LogP contribution is 2.32. The number of carbonyl (C=O) groups is 1. The molecule has 1 aliphatic heterocycles. The van der Waals surface area contributed by atoms with Crippen LogP contribution < -0.4 is 0 Å². The van der Waals surface area contributed by atoms with E-state index in [1.165, 1.54) is 0 Å². The average Bonchev–Trinajstić information content (AvgIpc) is 2.68. The number of rotatable bonds is 7. The highest BCUT2D eigenvalue weighted by molar-refractivity contribution is 6.36. The molecular weight excluding hydrogens is 399 g/mol. The summed E-state index contributed by atoms with van der Waals surface area (Å²) >= 11 is 12.3. The van der Waals surface area contributed by atoms with E-state index in [0.717, 1.165) is 36.1 Å². The summed E-state index contributed by atoms with van der Waals surface area (Å²) in [5.74, 6) is -1.01. The molecule has 1 heterocycles. The number of piperidine rings is 1. The lowest BCUT2D eigenvalue weighted by molar-refractivity contribution is -0.143. The molecular formula is C21H22Cl2N2O3. The Morgan fingerprint density at radius 2 is 2.07 bits per heavy atom.